The van der Waals surface area contributed by atoms with Gasteiger partial charge >= 0.3 is 18.2 Å². The van der Waals surface area contributed by atoms with Crippen LogP contribution in [0.4, 0.5) is 25.4 Å². The summed E-state index contributed by atoms with van der Waals surface area (Å²) >= 11 is 0. The Bertz CT molecular complexity index is 2330. The fraction of sp³-hybridized carbons (Fsp3) is 0.372. The van der Waals surface area contributed by atoms with E-state index in [1.807, 2.05) is 18.2 Å². The lowest BCUT2D eigenvalue weighted by molar-refractivity contribution is -0.128. The summed E-state index contributed by atoms with van der Waals surface area (Å²) in [6.45, 7) is 6.83. The van der Waals surface area contributed by atoms with Crippen LogP contribution in [0, 0.1) is 11.7 Å². The zero-order valence-electron chi connectivity index (χ0n) is 34.8. The molecule has 0 unspecified atom stereocenters. The third kappa shape index (κ3) is 12.2. The number of aryl methyl sites for hydroxylation is 1. The number of nitrogens with two attached hydrogens (primary N) is 2. The average Bonchev–Trinajstić information content (AvgIpc) is 3.25. The molecular formula is C43H52FN9O9. The number of aromatic carboxylic acids is 1. The molecule has 4 amide bonds. The van der Waals surface area contributed by atoms with E-state index in [9.17, 15) is 33.9 Å². The maximum atomic E-state index is 15.3. The van der Waals surface area contributed by atoms with Gasteiger partial charge in [0.15, 0.2) is 5.96 Å². The summed E-state index contributed by atoms with van der Waals surface area (Å²) in [6.07, 6.45) is 0.427. The lowest BCUT2D eigenvalue weighted by atomic mass is 10.0. The molecule has 1 aromatic heterocycles. The van der Waals surface area contributed by atoms with Gasteiger partial charge in [-0.2, -0.15) is 0 Å². The number of hydrogen-bond acceptors (Lipinski definition) is 10. The summed E-state index contributed by atoms with van der Waals surface area (Å²) in [7, 11) is 0. The number of rotatable bonds is 17. The van der Waals surface area contributed by atoms with Crippen molar-refractivity contribution in [3.8, 4) is 0 Å². The number of carboxylic acids is 1. The van der Waals surface area contributed by atoms with Crippen LogP contribution in [0.5, 0.6) is 0 Å². The summed E-state index contributed by atoms with van der Waals surface area (Å²) in [5.74, 6) is -3.63. The Morgan fingerprint density at radius 1 is 0.887 bits per heavy atom. The van der Waals surface area contributed by atoms with Crippen molar-refractivity contribution >= 4 is 58.2 Å². The summed E-state index contributed by atoms with van der Waals surface area (Å²) in [5, 5.41) is 17.5. The molecule has 0 radical (unpaired) electrons. The fourth-order valence-corrected chi connectivity index (χ4v) is 6.80. The van der Waals surface area contributed by atoms with Gasteiger partial charge in [-0.25, -0.2) is 18.8 Å². The number of carbonyl (C=O) groups excluding carboxylic acids is 4. The SMILES string of the molecule is CCn1cc(C(=O)O)c(=O)c2cc(F)c(N3CCN(C(=O)OCc4ccc(NC(=O)[C@H](CCCN=C(N)N)NC(=O)[C@@H](NC(=O)OCc5ccccc5)C(C)C)cc4)CC3)cc21. The maximum Gasteiger partial charge on any atom is 0.410 e. The number of carboxylic acid groups (broad SMARTS) is 1. The van der Waals surface area contributed by atoms with Crippen molar-refractivity contribution in [2.75, 3.05) is 42.9 Å². The van der Waals surface area contributed by atoms with E-state index < -0.39 is 58.9 Å². The first-order valence-electron chi connectivity index (χ1n) is 20.1. The van der Waals surface area contributed by atoms with E-state index in [2.05, 4.69) is 20.9 Å². The van der Waals surface area contributed by atoms with Gasteiger partial charge in [0.25, 0.3) is 0 Å². The Hall–Kier alpha value is -7.18. The van der Waals surface area contributed by atoms with Crippen LogP contribution < -0.4 is 37.7 Å². The minimum absolute atomic E-state index is 0.0124. The maximum absolute atomic E-state index is 15.3. The number of alkyl carbamates (subject to hydrolysis) is 1. The number of pyridine rings is 1. The normalized spacial score (nSPS) is 13.5. The quantitative estimate of drug-likeness (QED) is 0.0505. The zero-order chi connectivity index (χ0) is 44.9. The van der Waals surface area contributed by atoms with E-state index in [4.69, 9.17) is 20.9 Å². The van der Waals surface area contributed by atoms with Gasteiger partial charge in [0, 0.05) is 56.5 Å². The number of benzene rings is 3. The number of hydrogen-bond donors (Lipinski definition) is 6. The standard InChI is InChI=1S/C43H52FN9O9/c1-4-51-23-31(40(57)58)37(54)30-21-32(44)35(22-34(30)51)52-17-19-53(20-18-52)43(60)62-25-28-12-14-29(15-13-28)48-38(55)33(11-8-16-47-41(45)46)49-39(56)36(26(2)3)50-42(59)61-24-27-9-6-5-7-10-27/h5-7,9-10,12-15,21-23,26,33,36H,4,8,11,16-20,24-25H2,1-3H3,(H,48,55)(H,49,56)(H,50,59)(H,57,58)(H4,45,46,47)/t33-,36-/m0/s1. The second kappa shape index (κ2) is 21.4. The van der Waals surface area contributed by atoms with E-state index in [0.717, 1.165) is 11.6 Å². The number of fused-ring (bicyclic) bond motifs is 1. The van der Waals surface area contributed by atoms with Crippen LogP contribution in [0.3, 0.4) is 0 Å². The molecule has 18 nitrogen and oxygen atoms in total. The van der Waals surface area contributed by atoms with E-state index in [1.165, 1.54) is 17.2 Å². The average molecular weight is 858 g/mol. The van der Waals surface area contributed by atoms with Crippen LogP contribution in [0.2, 0.25) is 0 Å². The van der Waals surface area contributed by atoms with Crippen molar-refractivity contribution in [3.05, 3.63) is 106 Å². The molecule has 5 rings (SSSR count). The second-order valence-corrected chi connectivity index (χ2v) is 14.9. The Labute approximate surface area is 357 Å². The molecule has 0 bridgehead atoms. The minimum atomic E-state index is -1.39. The molecule has 1 aliphatic rings. The van der Waals surface area contributed by atoms with Crippen LogP contribution in [0.15, 0.2) is 82.7 Å². The van der Waals surface area contributed by atoms with Crippen LogP contribution in [0.25, 0.3) is 10.9 Å². The van der Waals surface area contributed by atoms with Crippen molar-refractivity contribution in [2.45, 2.75) is 65.5 Å². The van der Waals surface area contributed by atoms with Crippen LogP contribution in [-0.4, -0.2) is 95.3 Å². The van der Waals surface area contributed by atoms with E-state index in [0.29, 0.717) is 29.7 Å². The topological polar surface area (TPSA) is 253 Å². The number of halogens is 1. The van der Waals surface area contributed by atoms with Gasteiger partial charge in [-0.3, -0.25) is 19.4 Å². The van der Waals surface area contributed by atoms with Crippen molar-refractivity contribution < 1.29 is 42.9 Å². The largest absolute Gasteiger partial charge is 0.477 e. The van der Waals surface area contributed by atoms with Gasteiger partial charge in [0.1, 0.15) is 36.7 Å². The summed E-state index contributed by atoms with van der Waals surface area (Å²) in [5.41, 5.74) is 12.2. The summed E-state index contributed by atoms with van der Waals surface area (Å²) < 4.78 is 27.8. The number of guanidine groups is 1. The number of piperazine rings is 1. The lowest BCUT2D eigenvalue weighted by Gasteiger charge is -2.35. The highest BCUT2D eigenvalue weighted by molar-refractivity contribution is 5.98. The van der Waals surface area contributed by atoms with Gasteiger partial charge in [-0.1, -0.05) is 56.3 Å². The Balaban J connectivity index is 1.14. The molecule has 8 N–H and O–H groups in total. The van der Waals surface area contributed by atoms with Gasteiger partial charge in [-0.15, -0.1) is 0 Å². The highest BCUT2D eigenvalue weighted by atomic mass is 19.1. The van der Waals surface area contributed by atoms with Crippen LogP contribution in [0.1, 0.15) is 55.1 Å². The fourth-order valence-electron chi connectivity index (χ4n) is 6.80. The number of amides is 4. The number of ether oxygens (including phenoxy) is 2. The lowest BCUT2D eigenvalue weighted by Crippen LogP contribution is -2.54. The molecular weight excluding hydrogens is 806 g/mol. The van der Waals surface area contributed by atoms with Gasteiger partial charge in [-0.05, 0) is 61.1 Å². The second-order valence-electron chi connectivity index (χ2n) is 14.9. The monoisotopic (exact) mass is 857 g/mol. The van der Waals surface area contributed by atoms with Gasteiger partial charge in [0.2, 0.25) is 17.2 Å². The van der Waals surface area contributed by atoms with Crippen LogP contribution in [-0.2, 0) is 38.8 Å². The number of nitrogens with zero attached hydrogens (tertiary/aromatic N) is 4. The Morgan fingerprint density at radius 2 is 1.55 bits per heavy atom. The summed E-state index contributed by atoms with van der Waals surface area (Å²) in [6, 6.07) is 16.2. The van der Waals surface area contributed by atoms with Crippen LogP contribution >= 0.6 is 0 Å². The summed E-state index contributed by atoms with van der Waals surface area (Å²) in [4.78, 5) is 84.2. The molecule has 0 aliphatic carbocycles. The molecule has 2 heterocycles. The predicted octanol–water partition coefficient (Wildman–Crippen LogP) is 3.75. The third-order valence-corrected chi connectivity index (χ3v) is 10.2. The number of carbonyl (C=O) groups is 5. The van der Waals surface area contributed by atoms with Crippen molar-refractivity contribution in [2.24, 2.45) is 22.4 Å². The van der Waals surface area contributed by atoms with E-state index in [-0.39, 0.29) is 75.3 Å². The number of aliphatic imine (C=N–C) groups is 1. The van der Waals surface area contributed by atoms with Crippen molar-refractivity contribution in [3.63, 3.8) is 0 Å². The third-order valence-electron chi connectivity index (χ3n) is 10.2. The first kappa shape index (κ1) is 45.9. The highest BCUT2D eigenvalue weighted by Gasteiger charge is 2.30. The Morgan fingerprint density at radius 3 is 2.18 bits per heavy atom. The molecule has 4 aromatic rings. The van der Waals surface area contributed by atoms with E-state index >= 15 is 4.39 Å². The van der Waals surface area contributed by atoms with Gasteiger partial charge in [0.05, 0.1) is 11.2 Å². The molecule has 1 fully saturated rings. The molecule has 0 saturated carbocycles. The smallest absolute Gasteiger partial charge is 0.410 e. The van der Waals surface area contributed by atoms with Gasteiger partial charge < -0.3 is 56.4 Å². The number of nitrogens with one attached hydrogen (secondary N) is 3. The molecule has 1 saturated heterocycles. The van der Waals surface area contributed by atoms with Crippen molar-refractivity contribution in [1.29, 1.82) is 0 Å². The molecule has 2 atom stereocenters. The number of aromatic nitrogens is 1. The molecule has 0 spiro atoms. The van der Waals surface area contributed by atoms with Crippen molar-refractivity contribution in [1.82, 2.24) is 20.1 Å². The Kier molecular flexibility index (Phi) is 15.8. The molecule has 62 heavy (non-hydrogen) atoms. The first-order valence-corrected chi connectivity index (χ1v) is 20.1. The number of anilines is 2. The minimum Gasteiger partial charge on any atom is -0.477 e. The molecule has 19 heteroatoms. The highest BCUT2D eigenvalue weighted by Crippen LogP contribution is 2.27. The predicted molar refractivity (Wildman–Crippen MR) is 230 cm³/mol. The zero-order valence-corrected chi connectivity index (χ0v) is 34.8. The van der Waals surface area contributed by atoms with E-state index in [1.54, 1.807) is 66.6 Å². The molecule has 330 valence electrons. The molecule has 3 aromatic carbocycles. The first-order chi connectivity index (χ1) is 29.6. The molecule has 1 aliphatic heterocycles.